The predicted octanol–water partition coefficient (Wildman–Crippen LogP) is 4.34. The largest absolute Gasteiger partial charge is 0.491 e. The fraction of sp³-hybridized carbons (Fsp3) is 0.273. The van der Waals surface area contributed by atoms with E-state index in [4.69, 9.17) is 4.74 Å². The van der Waals surface area contributed by atoms with Crippen LogP contribution in [-0.2, 0) is 0 Å². The minimum atomic E-state index is -0.532. The van der Waals surface area contributed by atoms with Gasteiger partial charge in [-0.05, 0) is 85.0 Å². The van der Waals surface area contributed by atoms with Crippen LogP contribution in [0.5, 0.6) is 5.75 Å². The molecule has 158 valence electrons. The molecule has 7 nitrogen and oxygen atoms in total. The van der Waals surface area contributed by atoms with Crippen molar-refractivity contribution in [2.75, 3.05) is 37.9 Å². The van der Waals surface area contributed by atoms with Gasteiger partial charge < -0.3 is 25.4 Å². The van der Waals surface area contributed by atoms with Gasteiger partial charge >= 0.3 is 0 Å². The summed E-state index contributed by atoms with van der Waals surface area (Å²) in [6, 6.07) is 15.4. The molecule has 0 radical (unpaired) electrons. The Bertz CT molecular complexity index is 966. The number of aliphatic hydroxyl groups is 1. The van der Waals surface area contributed by atoms with Crippen LogP contribution in [0.25, 0.3) is 0 Å². The van der Waals surface area contributed by atoms with Gasteiger partial charge in [0.05, 0.1) is 5.69 Å². The number of ether oxygens (including phenoxy) is 1. The summed E-state index contributed by atoms with van der Waals surface area (Å²) in [7, 11) is 3.83. The summed E-state index contributed by atoms with van der Waals surface area (Å²) < 4.78 is 6.60. The Hall–Kier alpha value is -2.68. The molecule has 0 aliphatic rings. The van der Waals surface area contributed by atoms with Crippen LogP contribution in [0.15, 0.2) is 59.2 Å². The fourth-order valence-electron chi connectivity index (χ4n) is 2.78. The molecule has 1 heterocycles. The molecule has 0 saturated carbocycles. The Kier molecular flexibility index (Phi) is 7.62. The second-order valence-corrected chi connectivity index (χ2v) is 8.10. The number of nitrogens with zero attached hydrogens (tertiary/aromatic N) is 3. The van der Waals surface area contributed by atoms with Gasteiger partial charge in [-0.2, -0.15) is 4.98 Å². The van der Waals surface area contributed by atoms with Crippen LogP contribution < -0.4 is 15.4 Å². The van der Waals surface area contributed by atoms with Crippen LogP contribution in [0.3, 0.4) is 0 Å². The number of hydrogen-bond acceptors (Lipinski definition) is 7. The van der Waals surface area contributed by atoms with Crippen molar-refractivity contribution in [2.45, 2.75) is 13.0 Å². The topological polar surface area (TPSA) is 82.5 Å². The normalized spacial score (nSPS) is 11.9. The summed E-state index contributed by atoms with van der Waals surface area (Å²) in [6.07, 6.45) is 1.17. The summed E-state index contributed by atoms with van der Waals surface area (Å²) >= 11 is 3.57. The van der Waals surface area contributed by atoms with E-state index in [0.717, 1.165) is 15.8 Å². The molecular weight excluding hydrogens is 446 g/mol. The van der Waals surface area contributed by atoms with Crippen molar-refractivity contribution in [1.29, 1.82) is 0 Å². The van der Waals surface area contributed by atoms with E-state index < -0.39 is 6.10 Å². The molecule has 1 atom stereocenters. The number of hydrogen-bond donors (Lipinski definition) is 3. The molecule has 0 fully saturated rings. The number of rotatable bonds is 9. The highest BCUT2D eigenvalue weighted by molar-refractivity contribution is 9.10. The molecule has 8 heteroatoms. The van der Waals surface area contributed by atoms with Crippen LogP contribution in [0, 0.1) is 6.92 Å². The van der Waals surface area contributed by atoms with Crippen LogP contribution >= 0.6 is 15.9 Å². The first-order chi connectivity index (χ1) is 14.4. The van der Waals surface area contributed by atoms with Gasteiger partial charge in [-0.25, -0.2) is 4.98 Å². The lowest BCUT2D eigenvalue weighted by molar-refractivity contribution is 0.0831. The molecule has 0 aliphatic heterocycles. The predicted molar refractivity (Wildman–Crippen MR) is 124 cm³/mol. The number of benzene rings is 2. The van der Waals surface area contributed by atoms with Crippen molar-refractivity contribution in [3.63, 3.8) is 0 Å². The summed E-state index contributed by atoms with van der Waals surface area (Å²) in [5.41, 5.74) is 2.95. The van der Waals surface area contributed by atoms with Crippen molar-refractivity contribution in [2.24, 2.45) is 0 Å². The standard InChI is InChI=1S/C22H26BrN5O2/c1-15-4-9-20(19(23)12-15)26-21-10-11-24-22(27-21)25-16-5-7-18(8-6-16)30-14-17(29)13-28(2)3/h4-12,17,29H,13-14H2,1-3H3,(H2,24,25,26,27). The van der Waals surface area contributed by atoms with E-state index in [9.17, 15) is 5.11 Å². The maximum Gasteiger partial charge on any atom is 0.229 e. The molecule has 3 aromatic rings. The van der Waals surface area contributed by atoms with E-state index in [1.54, 1.807) is 6.20 Å². The highest BCUT2D eigenvalue weighted by Crippen LogP contribution is 2.26. The maximum atomic E-state index is 9.89. The molecule has 3 N–H and O–H groups in total. The average molecular weight is 472 g/mol. The van der Waals surface area contributed by atoms with Crippen molar-refractivity contribution in [3.05, 3.63) is 64.8 Å². The Morgan fingerprint density at radius 2 is 1.87 bits per heavy atom. The van der Waals surface area contributed by atoms with Gasteiger partial charge in [0.1, 0.15) is 24.3 Å². The summed E-state index contributed by atoms with van der Waals surface area (Å²) in [6.45, 7) is 2.85. The molecule has 0 bridgehead atoms. The number of anilines is 4. The van der Waals surface area contributed by atoms with Crippen LogP contribution in [0.4, 0.5) is 23.1 Å². The van der Waals surface area contributed by atoms with Gasteiger partial charge in [0.2, 0.25) is 5.95 Å². The van der Waals surface area contributed by atoms with Gasteiger partial charge in [-0.1, -0.05) is 6.07 Å². The van der Waals surface area contributed by atoms with Gasteiger partial charge in [-0.3, -0.25) is 0 Å². The molecule has 30 heavy (non-hydrogen) atoms. The quantitative estimate of drug-likeness (QED) is 0.428. The number of nitrogens with one attached hydrogen (secondary N) is 2. The third kappa shape index (κ3) is 6.69. The first-order valence-corrected chi connectivity index (χ1v) is 10.4. The van der Waals surface area contributed by atoms with Crippen LogP contribution in [-0.4, -0.2) is 53.3 Å². The maximum absolute atomic E-state index is 9.89. The van der Waals surface area contributed by atoms with E-state index in [1.165, 1.54) is 5.56 Å². The Morgan fingerprint density at radius 1 is 1.10 bits per heavy atom. The first kappa shape index (κ1) is 22.0. The molecule has 1 unspecified atom stereocenters. The Balaban J connectivity index is 1.59. The van der Waals surface area contributed by atoms with E-state index in [1.807, 2.05) is 74.4 Å². The smallest absolute Gasteiger partial charge is 0.229 e. The van der Waals surface area contributed by atoms with Crippen LogP contribution in [0.2, 0.25) is 0 Å². The summed E-state index contributed by atoms with van der Waals surface area (Å²) in [4.78, 5) is 10.7. The second kappa shape index (κ2) is 10.4. The Labute approximate surface area is 185 Å². The summed E-state index contributed by atoms with van der Waals surface area (Å²) in [5, 5.41) is 16.4. The lowest BCUT2D eigenvalue weighted by Crippen LogP contribution is -2.30. The fourth-order valence-corrected chi connectivity index (χ4v) is 3.37. The number of aryl methyl sites for hydroxylation is 1. The van der Waals surface area contributed by atoms with E-state index in [-0.39, 0.29) is 6.61 Å². The van der Waals surface area contributed by atoms with Crippen LogP contribution in [0.1, 0.15) is 5.56 Å². The molecular formula is C22H26BrN5O2. The number of likely N-dealkylation sites (N-methyl/N-ethyl adjacent to an activating group) is 1. The molecule has 0 spiro atoms. The van der Waals surface area contributed by atoms with Crippen molar-refractivity contribution >= 4 is 39.1 Å². The number of aromatic nitrogens is 2. The van der Waals surface area contributed by atoms with Gasteiger partial charge in [0, 0.05) is 22.9 Å². The molecule has 0 aliphatic carbocycles. The van der Waals surface area contributed by atoms with Gasteiger partial charge in [0.15, 0.2) is 0 Å². The molecule has 1 aromatic heterocycles. The Morgan fingerprint density at radius 3 is 2.57 bits per heavy atom. The minimum absolute atomic E-state index is 0.246. The van der Waals surface area contributed by atoms with Crippen molar-refractivity contribution in [1.82, 2.24) is 14.9 Å². The lowest BCUT2D eigenvalue weighted by atomic mass is 10.2. The zero-order valence-electron chi connectivity index (χ0n) is 17.3. The first-order valence-electron chi connectivity index (χ1n) is 9.58. The number of aliphatic hydroxyl groups excluding tert-OH is 1. The second-order valence-electron chi connectivity index (χ2n) is 7.25. The lowest BCUT2D eigenvalue weighted by Gasteiger charge is -2.16. The molecule has 0 amide bonds. The molecule has 2 aromatic carbocycles. The average Bonchev–Trinajstić information content (AvgIpc) is 2.69. The zero-order valence-corrected chi connectivity index (χ0v) is 18.8. The highest BCUT2D eigenvalue weighted by atomic mass is 79.9. The highest BCUT2D eigenvalue weighted by Gasteiger charge is 2.07. The molecule has 0 saturated heterocycles. The number of halogens is 1. The minimum Gasteiger partial charge on any atom is -0.491 e. The third-order valence-corrected chi connectivity index (χ3v) is 4.83. The summed E-state index contributed by atoms with van der Waals surface area (Å²) in [5.74, 6) is 1.86. The monoisotopic (exact) mass is 471 g/mol. The van der Waals surface area contributed by atoms with Gasteiger partial charge in [0.25, 0.3) is 0 Å². The van der Waals surface area contributed by atoms with E-state index in [2.05, 4.69) is 36.5 Å². The van der Waals surface area contributed by atoms with E-state index in [0.29, 0.717) is 24.1 Å². The van der Waals surface area contributed by atoms with Crippen molar-refractivity contribution < 1.29 is 9.84 Å². The molecule has 3 rings (SSSR count). The van der Waals surface area contributed by atoms with E-state index >= 15 is 0 Å². The van der Waals surface area contributed by atoms with Crippen molar-refractivity contribution in [3.8, 4) is 5.75 Å². The SMILES string of the molecule is Cc1ccc(Nc2ccnc(Nc3ccc(OCC(O)CN(C)C)cc3)n2)c(Br)c1. The van der Waals surface area contributed by atoms with Gasteiger partial charge in [-0.15, -0.1) is 0 Å². The zero-order chi connectivity index (χ0) is 21.5. The third-order valence-electron chi connectivity index (χ3n) is 4.17.